The van der Waals surface area contributed by atoms with Gasteiger partial charge in [0, 0.05) is 6.54 Å². The molecule has 29 heavy (non-hydrogen) atoms. The van der Waals surface area contributed by atoms with Gasteiger partial charge in [0.25, 0.3) is 0 Å². The molecule has 0 radical (unpaired) electrons. The number of aromatic nitrogens is 4. The Morgan fingerprint density at radius 2 is 2.14 bits per heavy atom. The molecule has 0 aliphatic carbocycles. The van der Waals surface area contributed by atoms with Gasteiger partial charge in [-0.1, -0.05) is 31.7 Å². The van der Waals surface area contributed by atoms with Gasteiger partial charge in [0.05, 0.1) is 23.7 Å². The Morgan fingerprint density at radius 1 is 1.31 bits per heavy atom. The summed E-state index contributed by atoms with van der Waals surface area (Å²) in [5, 5.41) is 14.8. The second-order valence-electron chi connectivity index (χ2n) is 6.20. The molecule has 3 aromatic rings. The van der Waals surface area contributed by atoms with Gasteiger partial charge in [-0.3, -0.25) is 9.69 Å². The largest absolute Gasteiger partial charge is 0.468 e. The minimum absolute atomic E-state index is 0.0356. The molecule has 1 atom stereocenters. The van der Waals surface area contributed by atoms with Crippen molar-refractivity contribution < 1.29 is 13.6 Å². The van der Waals surface area contributed by atoms with Crippen LogP contribution in [0.5, 0.6) is 0 Å². The molecule has 3 rings (SSSR count). The first-order valence-electron chi connectivity index (χ1n) is 9.33. The molecule has 0 bridgehead atoms. The quantitative estimate of drug-likeness (QED) is 0.506. The summed E-state index contributed by atoms with van der Waals surface area (Å²) in [6.07, 6.45) is 1.63. The number of furan rings is 1. The molecule has 2 aromatic heterocycles. The Bertz CT molecular complexity index is 913. The average Bonchev–Trinajstić information content (AvgIpc) is 3.41. The molecule has 1 amide bonds. The van der Waals surface area contributed by atoms with Crippen LogP contribution in [0.25, 0.3) is 5.69 Å². The van der Waals surface area contributed by atoms with E-state index in [1.165, 1.54) is 28.6 Å². The van der Waals surface area contributed by atoms with Gasteiger partial charge in [0.15, 0.2) is 0 Å². The van der Waals surface area contributed by atoms with E-state index >= 15 is 0 Å². The Balaban J connectivity index is 1.58. The monoisotopic (exact) mass is 418 g/mol. The summed E-state index contributed by atoms with van der Waals surface area (Å²) in [6, 6.07) is 9.67. The summed E-state index contributed by atoms with van der Waals surface area (Å²) < 4.78 is 20.4. The number of hydrogen-bond donors (Lipinski definition) is 1. The summed E-state index contributed by atoms with van der Waals surface area (Å²) in [5.41, 5.74) is 0.498. The summed E-state index contributed by atoms with van der Waals surface area (Å²) in [4.78, 5) is 14.6. The van der Waals surface area contributed by atoms with E-state index in [-0.39, 0.29) is 23.5 Å². The van der Waals surface area contributed by atoms with Gasteiger partial charge in [0.1, 0.15) is 11.6 Å². The second kappa shape index (κ2) is 10.2. The van der Waals surface area contributed by atoms with Crippen molar-refractivity contribution in [3.05, 3.63) is 54.2 Å². The fourth-order valence-electron chi connectivity index (χ4n) is 2.99. The van der Waals surface area contributed by atoms with Crippen LogP contribution in [0.15, 0.2) is 52.2 Å². The van der Waals surface area contributed by atoms with Crippen LogP contribution in [0.2, 0.25) is 0 Å². The van der Waals surface area contributed by atoms with Gasteiger partial charge in [-0.05, 0) is 53.8 Å². The lowest BCUT2D eigenvalue weighted by atomic mass is 10.2. The number of nitrogens with zero attached hydrogens (tertiary/aromatic N) is 5. The highest BCUT2D eigenvalue weighted by Crippen LogP contribution is 2.21. The summed E-state index contributed by atoms with van der Waals surface area (Å²) in [6.45, 7) is 6.26. The summed E-state index contributed by atoms with van der Waals surface area (Å²) in [5.74, 6) is 0.426. The Labute approximate surface area is 172 Å². The smallest absolute Gasteiger partial charge is 0.230 e. The van der Waals surface area contributed by atoms with Crippen molar-refractivity contribution in [2.75, 3.05) is 25.4 Å². The van der Waals surface area contributed by atoms with Crippen LogP contribution in [-0.4, -0.2) is 56.4 Å². The van der Waals surface area contributed by atoms with Crippen LogP contribution in [0.1, 0.15) is 25.6 Å². The Kier molecular flexibility index (Phi) is 7.36. The molecule has 0 aliphatic heterocycles. The fourth-order valence-corrected chi connectivity index (χ4v) is 3.71. The molecule has 1 N–H and O–H groups in total. The number of likely N-dealkylation sites (N-methyl/N-ethyl adjacent to an activating group) is 1. The Hall–Kier alpha value is -2.72. The lowest BCUT2D eigenvalue weighted by Gasteiger charge is -2.28. The zero-order valence-corrected chi connectivity index (χ0v) is 17.1. The number of halogens is 1. The minimum Gasteiger partial charge on any atom is -0.468 e. The van der Waals surface area contributed by atoms with E-state index < -0.39 is 0 Å². The topological polar surface area (TPSA) is 89.1 Å². The minimum atomic E-state index is -0.382. The second-order valence-corrected chi connectivity index (χ2v) is 7.14. The number of thioether (sulfide) groups is 1. The highest BCUT2D eigenvalue weighted by Gasteiger charge is 2.21. The number of carbonyl (C=O) groups excluding carboxylic acids is 1. The molecule has 1 aromatic carbocycles. The predicted molar refractivity (Wildman–Crippen MR) is 107 cm³/mol. The van der Waals surface area contributed by atoms with Gasteiger partial charge in [-0.15, -0.1) is 5.10 Å². The van der Waals surface area contributed by atoms with Crippen molar-refractivity contribution in [3.8, 4) is 5.69 Å². The number of rotatable bonds is 10. The zero-order chi connectivity index (χ0) is 20.6. The molecule has 2 heterocycles. The van der Waals surface area contributed by atoms with Crippen molar-refractivity contribution in [2.45, 2.75) is 25.0 Å². The first kappa shape index (κ1) is 21.0. The third kappa shape index (κ3) is 5.42. The molecule has 0 spiro atoms. The first-order valence-corrected chi connectivity index (χ1v) is 10.3. The number of carbonyl (C=O) groups is 1. The van der Waals surface area contributed by atoms with Crippen LogP contribution in [0.3, 0.4) is 0 Å². The number of nitrogens with one attached hydrogen (secondary N) is 1. The third-order valence-corrected chi connectivity index (χ3v) is 5.36. The highest BCUT2D eigenvalue weighted by molar-refractivity contribution is 7.99. The molecule has 0 saturated carbocycles. The van der Waals surface area contributed by atoms with Crippen molar-refractivity contribution in [3.63, 3.8) is 0 Å². The van der Waals surface area contributed by atoms with Gasteiger partial charge in [0.2, 0.25) is 11.1 Å². The summed E-state index contributed by atoms with van der Waals surface area (Å²) >= 11 is 1.19. The van der Waals surface area contributed by atoms with E-state index in [1.807, 2.05) is 12.1 Å². The van der Waals surface area contributed by atoms with E-state index in [2.05, 4.69) is 39.6 Å². The molecule has 0 aliphatic rings. The number of tetrazole rings is 1. The molecular formula is C19H23FN6O2S. The van der Waals surface area contributed by atoms with Crippen LogP contribution in [0.4, 0.5) is 4.39 Å². The van der Waals surface area contributed by atoms with Crippen molar-refractivity contribution in [1.29, 1.82) is 0 Å². The van der Waals surface area contributed by atoms with Crippen LogP contribution in [-0.2, 0) is 4.79 Å². The van der Waals surface area contributed by atoms with E-state index in [0.29, 0.717) is 17.4 Å². The highest BCUT2D eigenvalue weighted by atomic mass is 32.2. The number of benzene rings is 1. The molecule has 0 saturated heterocycles. The SMILES string of the molecule is CCN(CC)[C@H](CNC(=O)CSc1nnnn1-c1cccc(F)c1)c1ccco1. The maximum Gasteiger partial charge on any atom is 0.230 e. The lowest BCUT2D eigenvalue weighted by Crippen LogP contribution is -2.38. The number of hydrogen-bond acceptors (Lipinski definition) is 7. The van der Waals surface area contributed by atoms with Crippen molar-refractivity contribution >= 4 is 17.7 Å². The van der Waals surface area contributed by atoms with E-state index in [1.54, 1.807) is 18.4 Å². The average molecular weight is 418 g/mol. The molecule has 10 heteroatoms. The summed E-state index contributed by atoms with van der Waals surface area (Å²) in [7, 11) is 0. The van der Waals surface area contributed by atoms with Crippen molar-refractivity contribution in [2.24, 2.45) is 0 Å². The van der Waals surface area contributed by atoms with Gasteiger partial charge in [-0.2, -0.15) is 4.68 Å². The van der Waals surface area contributed by atoms with Gasteiger partial charge < -0.3 is 9.73 Å². The predicted octanol–water partition coefficient (Wildman–Crippen LogP) is 2.69. The van der Waals surface area contributed by atoms with Crippen LogP contribution >= 0.6 is 11.8 Å². The van der Waals surface area contributed by atoms with E-state index in [4.69, 9.17) is 4.42 Å². The maximum absolute atomic E-state index is 13.5. The lowest BCUT2D eigenvalue weighted by molar-refractivity contribution is -0.118. The third-order valence-electron chi connectivity index (χ3n) is 4.44. The van der Waals surface area contributed by atoms with Gasteiger partial charge >= 0.3 is 0 Å². The molecule has 0 unspecified atom stereocenters. The van der Waals surface area contributed by atoms with E-state index in [9.17, 15) is 9.18 Å². The molecule has 0 fully saturated rings. The van der Waals surface area contributed by atoms with Crippen LogP contribution in [0, 0.1) is 5.82 Å². The zero-order valence-electron chi connectivity index (χ0n) is 16.3. The normalized spacial score (nSPS) is 12.3. The fraction of sp³-hybridized carbons (Fsp3) is 0.368. The Morgan fingerprint density at radius 3 is 2.83 bits per heavy atom. The van der Waals surface area contributed by atoms with Crippen molar-refractivity contribution in [1.82, 2.24) is 30.4 Å². The maximum atomic E-state index is 13.5. The number of amides is 1. The molecule has 8 nitrogen and oxygen atoms in total. The van der Waals surface area contributed by atoms with Gasteiger partial charge in [-0.25, -0.2) is 4.39 Å². The molecule has 154 valence electrons. The first-order chi connectivity index (χ1) is 14.1. The molecular weight excluding hydrogens is 395 g/mol. The standard InChI is InChI=1S/C19H23FN6O2S/c1-3-25(4-2)16(17-9-6-10-28-17)12-21-18(27)13-29-19-22-23-24-26(19)15-8-5-7-14(20)11-15/h5-11,16H,3-4,12-13H2,1-2H3,(H,21,27)/t16-/m1/s1. The van der Waals surface area contributed by atoms with E-state index in [0.717, 1.165) is 18.8 Å². The van der Waals surface area contributed by atoms with Crippen LogP contribution < -0.4 is 5.32 Å².